The largest absolute Gasteiger partial charge is 0.310 e. The molecule has 2 aromatic rings. The van der Waals surface area contributed by atoms with E-state index in [-0.39, 0.29) is 11.9 Å². The summed E-state index contributed by atoms with van der Waals surface area (Å²) in [4.78, 5) is 0. The van der Waals surface area contributed by atoms with Gasteiger partial charge in [0.05, 0.1) is 0 Å². The first-order valence-corrected chi connectivity index (χ1v) is 7.63. The van der Waals surface area contributed by atoms with Gasteiger partial charge in [-0.15, -0.1) is 0 Å². The van der Waals surface area contributed by atoms with Gasteiger partial charge in [-0.1, -0.05) is 42.8 Å². The maximum atomic E-state index is 14.0. The van der Waals surface area contributed by atoms with Gasteiger partial charge in [-0.05, 0) is 61.2 Å². The molecule has 0 aliphatic rings. The lowest BCUT2D eigenvalue weighted by Gasteiger charge is -2.20. The minimum atomic E-state index is -0.241. The second-order valence-electron chi connectivity index (χ2n) is 5.39. The van der Waals surface area contributed by atoms with E-state index in [4.69, 9.17) is 11.6 Å². The lowest BCUT2D eigenvalue weighted by atomic mass is 9.95. The maximum absolute atomic E-state index is 14.0. The Balaban J connectivity index is 2.28. The Morgan fingerprint density at radius 2 is 1.86 bits per heavy atom. The van der Waals surface area contributed by atoms with Gasteiger partial charge in [0.15, 0.2) is 0 Å². The lowest BCUT2D eigenvalue weighted by Crippen LogP contribution is -2.23. The zero-order chi connectivity index (χ0) is 15.4. The Kier molecular flexibility index (Phi) is 5.38. The fourth-order valence-corrected chi connectivity index (χ4v) is 2.60. The summed E-state index contributed by atoms with van der Waals surface area (Å²) in [5, 5.41) is 3.87. The van der Waals surface area contributed by atoms with Crippen LogP contribution in [0.2, 0.25) is 5.02 Å². The molecule has 0 aromatic heterocycles. The van der Waals surface area contributed by atoms with Crippen molar-refractivity contribution in [3.05, 3.63) is 69.5 Å². The summed E-state index contributed by atoms with van der Waals surface area (Å²) < 4.78 is 14.0. The van der Waals surface area contributed by atoms with Gasteiger partial charge < -0.3 is 5.32 Å². The molecular weight excluding hydrogens is 285 g/mol. The van der Waals surface area contributed by atoms with E-state index < -0.39 is 0 Å². The van der Waals surface area contributed by atoms with E-state index >= 15 is 0 Å². The van der Waals surface area contributed by atoms with Crippen LogP contribution in [0.4, 0.5) is 4.39 Å². The fourth-order valence-electron chi connectivity index (χ4n) is 2.44. The molecule has 21 heavy (non-hydrogen) atoms. The minimum absolute atomic E-state index is 0.102. The first-order valence-electron chi connectivity index (χ1n) is 7.25. The van der Waals surface area contributed by atoms with Crippen molar-refractivity contribution < 1.29 is 4.39 Å². The second-order valence-corrected chi connectivity index (χ2v) is 5.83. The molecule has 0 radical (unpaired) electrons. The molecule has 0 amide bonds. The number of nitrogens with one attached hydrogen (secondary N) is 1. The number of halogens is 2. The summed E-state index contributed by atoms with van der Waals surface area (Å²) >= 11 is 5.81. The van der Waals surface area contributed by atoms with Crippen LogP contribution in [0.5, 0.6) is 0 Å². The predicted molar refractivity (Wildman–Crippen MR) is 87.4 cm³/mol. The summed E-state index contributed by atoms with van der Waals surface area (Å²) in [6, 6.07) is 11.4. The minimum Gasteiger partial charge on any atom is -0.310 e. The summed E-state index contributed by atoms with van der Waals surface area (Å²) in [6.07, 6.45) is 0.610. The summed E-state index contributed by atoms with van der Waals surface area (Å²) in [6.45, 7) is 7.10. The Bertz CT molecular complexity index is 625. The number of aryl methyl sites for hydroxylation is 2. The highest BCUT2D eigenvalue weighted by atomic mass is 35.5. The monoisotopic (exact) mass is 305 g/mol. The molecule has 2 rings (SSSR count). The highest BCUT2D eigenvalue weighted by Crippen LogP contribution is 2.24. The molecule has 1 atom stereocenters. The predicted octanol–water partition coefficient (Wildman–Crippen LogP) is 4.99. The lowest BCUT2D eigenvalue weighted by molar-refractivity contribution is 0.527. The van der Waals surface area contributed by atoms with Crippen LogP contribution in [-0.2, 0) is 6.42 Å². The van der Waals surface area contributed by atoms with Crippen molar-refractivity contribution in [1.82, 2.24) is 5.32 Å². The first-order chi connectivity index (χ1) is 10.0. The Morgan fingerprint density at radius 3 is 2.48 bits per heavy atom. The van der Waals surface area contributed by atoms with Gasteiger partial charge in [0.1, 0.15) is 5.82 Å². The fraction of sp³-hybridized carbons (Fsp3) is 0.333. The summed E-state index contributed by atoms with van der Waals surface area (Å²) in [5.74, 6) is -0.241. The van der Waals surface area contributed by atoms with Crippen molar-refractivity contribution in [2.45, 2.75) is 33.2 Å². The molecule has 0 aliphatic heterocycles. The van der Waals surface area contributed by atoms with Gasteiger partial charge >= 0.3 is 0 Å². The molecule has 1 unspecified atom stereocenters. The molecule has 1 N–H and O–H groups in total. The Morgan fingerprint density at radius 1 is 1.10 bits per heavy atom. The normalized spacial score (nSPS) is 12.4. The Hall–Kier alpha value is -1.38. The number of hydrogen-bond acceptors (Lipinski definition) is 1. The molecule has 0 saturated carbocycles. The molecule has 3 heteroatoms. The third-order valence-electron chi connectivity index (χ3n) is 3.82. The van der Waals surface area contributed by atoms with E-state index in [1.165, 1.54) is 22.8 Å². The molecule has 0 aliphatic carbocycles. The van der Waals surface area contributed by atoms with Crippen molar-refractivity contribution in [1.29, 1.82) is 0 Å². The smallest absolute Gasteiger partial charge is 0.127 e. The highest BCUT2D eigenvalue weighted by Gasteiger charge is 2.14. The molecule has 0 heterocycles. The zero-order valence-corrected chi connectivity index (χ0v) is 13.5. The second kappa shape index (κ2) is 7.06. The highest BCUT2D eigenvalue weighted by molar-refractivity contribution is 6.30. The van der Waals surface area contributed by atoms with Crippen LogP contribution in [-0.4, -0.2) is 6.54 Å². The SMILES string of the molecule is CCNC(Cc1ccc(Cl)cc1F)c1ccc(C)c(C)c1. The van der Waals surface area contributed by atoms with Gasteiger partial charge in [0, 0.05) is 11.1 Å². The van der Waals surface area contributed by atoms with E-state index in [1.807, 2.05) is 0 Å². The third-order valence-corrected chi connectivity index (χ3v) is 4.06. The first kappa shape index (κ1) is 16.0. The van der Waals surface area contributed by atoms with E-state index in [1.54, 1.807) is 12.1 Å². The number of benzene rings is 2. The number of likely N-dealkylation sites (N-methyl/N-ethyl adjacent to an activating group) is 1. The average Bonchev–Trinajstić information content (AvgIpc) is 2.44. The maximum Gasteiger partial charge on any atom is 0.127 e. The van der Waals surface area contributed by atoms with E-state index in [2.05, 4.69) is 44.3 Å². The van der Waals surface area contributed by atoms with Crippen molar-refractivity contribution in [2.24, 2.45) is 0 Å². The summed E-state index contributed by atoms with van der Waals surface area (Å²) in [5.41, 5.74) is 4.40. The van der Waals surface area contributed by atoms with E-state index in [0.717, 1.165) is 6.54 Å². The van der Waals surface area contributed by atoms with Crippen LogP contribution in [0.15, 0.2) is 36.4 Å². The topological polar surface area (TPSA) is 12.0 Å². The number of rotatable bonds is 5. The Labute approximate surface area is 131 Å². The van der Waals surface area contributed by atoms with Crippen molar-refractivity contribution in [3.63, 3.8) is 0 Å². The van der Waals surface area contributed by atoms with E-state index in [9.17, 15) is 4.39 Å². The van der Waals surface area contributed by atoms with Gasteiger partial charge in [0.2, 0.25) is 0 Å². The van der Waals surface area contributed by atoms with Gasteiger partial charge in [-0.25, -0.2) is 4.39 Å². The van der Waals surface area contributed by atoms with Crippen LogP contribution in [0, 0.1) is 19.7 Å². The van der Waals surface area contributed by atoms with Crippen LogP contribution in [0.1, 0.15) is 35.2 Å². The van der Waals surface area contributed by atoms with Crippen LogP contribution < -0.4 is 5.32 Å². The molecule has 1 nitrogen and oxygen atoms in total. The molecule has 0 saturated heterocycles. The molecule has 0 spiro atoms. The summed E-state index contributed by atoms with van der Waals surface area (Å²) in [7, 11) is 0. The van der Waals surface area contributed by atoms with Gasteiger partial charge in [0.25, 0.3) is 0 Å². The molecule has 112 valence electrons. The zero-order valence-electron chi connectivity index (χ0n) is 12.7. The number of hydrogen-bond donors (Lipinski definition) is 1. The molecule has 0 fully saturated rings. The third kappa shape index (κ3) is 4.05. The van der Waals surface area contributed by atoms with Crippen molar-refractivity contribution in [2.75, 3.05) is 6.54 Å². The van der Waals surface area contributed by atoms with Crippen LogP contribution in [0.3, 0.4) is 0 Å². The van der Waals surface area contributed by atoms with Crippen molar-refractivity contribution in [3.8, 4) is 0 Å². The molecule has 0 bridgehead atoms. The van der Waals surface area contributed by atoms with Gasteiger partial charge in [-0.3, -0.25) is 0 Å². The van der Waals surface area contributed by atoms with Crippen molar-refractivity contribution >= 4 is 11.6 Å². The quantitative estimate of drug-likeness (QED) is 0.820. The molecular formula is C18H21ClFN. The van der Waals surface area contributed by atoms with Crippen LogP contribution >= 0.6 is 11.6 Å². The molecule has 2 aromatic carbocycles. The standard InChI is InChI=1S/C18H21ClFN/c1-4-21-18(15-6-5-12(2)13(3)9-15)10-14-7-8-16(19)11-17(14)20/h5-9,11,18,21H,4,10H2,1-3H3. The average molecular weight is 306 g/mol. The van der Waals surface area contributed by atoms with Gasteiger partial charge in [-0.2, -0.15) is 0 Å². The van der Waals surface area contributed by atoms with Crippen LogP contribution in [0.25, 0.3) is 0 Å². The van der Waals surface area contributed by atoms with E-state index in [0.29, 0.717) is 17.0 Å².